The number of nitrogens with zero attached hydrogens (tertiary/aromatic N) is 4. The molecule has 0 atom stereocenters. The molecule has 300 valence electrons. The lowest BCUT2D eigenvalue weighted by Crippen LogP contribution is -2.02. The first-order valence-corrected chi connectivity index (χ1v) is 21.5. The summed E-state index contributed by atoms with van der Waals surface area (Å²) in [7, 11) is -14.7. The lowest BCUT2D eigenvalue weighted by Gasteiger charge is -2.12. The van der Waals surface area contributed by atoms with Gasteiger partial charge in [-0.1, -0.05) is 42.5 Å². The number of fused-ring (bicyclic) bond motifs is 2. The van der Waals surface area contributed by atoms with Crippen molar-refractivity contribution < 1.29 is 49.1 Å². The molecule has 0 aliphatic rings. The van der Waals surface area contributed by atoms with Gasteiger partial charge in [0.05, 0.1) is 11.4 Å². The van der Waals surface area contributed by atoms with E-state index in [1.165, 1.54) is 18.2 Å². The Balaban J connectivity index is 1.18. The van der Waals surface area contributed by atoms with Gasteiger partial charge in [0.2, 0.25) is 0 Å². The van der Waals surface area contributed by atoms with Crippen LogP contribution in [0.2, 0.25) is 0 Å². The quantitative estimate of drug-likeness (QED) is 0.0554. The number of benzene rings is 7. The number of hydrogen-bond acceptors (Lipinski definition) is 13. The molecule has 7 rings (SSSR count). The Bertz CT molecular complexity index is 3270. The maximum Gasteiger partial charge on any atom is 0.296 e. The van der Waals surface area contributed by atoms with Crippen molar-refractivity contribution in [2.75, 3.05) is 5.32 Å². The van der Waals surface area contributed by atoms with Gasteiger partial charge in [-0.2, -0.15) is 35.5 Å². The number of aromatic hydroxyl groups is 2. The molecule has 0 bridgehead atoms. The number of hydrogen-bond donors (Lipinski definition) is 6. The van der Waals surface area contributed by atoms with Gasteiger partial charge in [-0.25, -0.2) is 0 Å². The fraction of sp³-hybridized carbons (Fsp3) is 0.0500. The molecule has 0 aromatic heterocycles. The second kappa shape index (κ2) is 15.3. The van der Waals surface area contributed by atoms with E-state index in [0.29, 0.717) is 39.0 Å². The molecule has 19 heteroatoms. The van der Waals surface area contributed by atoms with Gasteiger partial charge in [-0.15, -0.1) is 10.2 Å². The Morgan fingerprint density at radius 3 is 1.53 bits per heavy atom. The summed E-state index contributed by atoms with van der Waals surface area (Å²) < 4.78 is 103. The van der Waals surface area contributed by atoms with Crippen molar-refractivity contribution in [2.24, 2.45) is 20.5 Å². The molecule has 6 N–H and O–H groups in total. The van der Waals surface area contributed by atoms with Gasteiger partial charge >= 0.3 is 0 Å². The maximum absolute atomic E-state index is 12.5. The van der Waals surface area contributed by atoms with E-state index in [2.05, 4.69) is 25.8 Å². The smallest absolute Gasteiger partial charge is 0.296 e. The number of phenolic OH excluding ortho intramolecular Hbond substituents is 2. The Labute approximate surface area is 337 Å². The molecular weight excluding hydrogens is 823 g/mol. The molecule has 59 heavy (non-hydrogen) atoms. The second-order valence-corrected chi connectivity index (χ2v) is 17.4. The fourth-order valence-electron chi connectivity index (χ4n) is 6.39. The minimum Gasteiger partial charge on any atom is -0.505 e. The Morgan fingerprint density at radius 1 is 0.475 bits per heavy atom. The molecule has 0 radical (unpaired) electrons. The van der Waals surface area contributed by atoms with E-state index >= 15 is 0 Å². The molecule has 7 aromatic rings. The van der Waals surface area contributed by atoms with E-state index in [0.717, 1.165) is 17.8 Å². The molecule has 0 aliphatic carbocycles. The third-order valence-corrected chi connectivity index (χ3v) is 11.9. The van der Waals surface area contributed by atoms with Crippen LogP contribution in [0.25, 0.3) is 32.7 Å². The molecular formula is C40H31N5O11S3. The van der Waals surface area contributed by atoms with Crippen LogP contribution in [0.3, 0.4) is 0 Å². The van der Waals surface area contributed by atoms with Crippen LogP contribution in [-0.2, 0) is 30.4 Å². The number of nitrogens with one attached hydrogen (secondary N) is 1. The Kier molecular flexibility index (Phi) is 10.5. The molecule has 0 saturated heterocycles. The first-order chi connectivity index (χ1) is 27.8. The zero-order valence-corrected chi connectivity index (χ0v) is 33.1. The van der Waals surface area contributed by atoms with Gasteiger partial charge in [0.25, 0.3) is 30.4 Å². The van der Waals surface area contributed by atoms with Crippen LogP contribution in [0.15, 0.2) is 150 Å². The highest BCUT2D eigenvalue weighted by Gasteiger charge is 2.26. The SMILES string of the molecule is Cc1cc(-c2ccc(N=Nc3c(S(=O)(=O)O)cc4cccc(S(=O)(=O)O)c4c3O)c(C)c2)ccc1N=Nc1c(S(=O)(=O)O)cc2cc(Nc3ccccc3)ccc2c1O. The number of rotatable bonds is 10. The Hall–Kier alpha value is -6.61. The summed E-state index contributed by atoms with van der Waals surface area (Å²) in [6.45, 7) is 3.41. The predicted octanol–water partition coefficient (Wildman–Crippen LogP) is 10.0. The maximum atomic E-state index is 12.5. The van der Waals surface area contributed by atoms with Crippen molar-refractivity contribution in [3.8, 4) is 22.6 Å². The van der Waals surface area contributed by atoms with Crippen molar-refractivity contribution in [1.82, 2.24) is 0 Å². The number of azo groups is 2. The zero-order valence-electron chi connectivity index (χ0n) is 30.7. The first kappa shape index (κ1) is 40.6. The third kappa shape index (κ3) is 8.37. The summed E-state index contributed by atoms with van der Waals surface area (Å²) in [5.41, 5.74) is 3.26. The standard InChI is InChI=1S/C40H31N5O11S3/c1-22-17-24(11-15-31(22)42-44-37-35(59(54,55)56)21-27-19-29(13-14-30(27)39(37)46)41-28-8-4-3-5-9-28)25-12-16-32(23(2)18-25)43-45-38-34(58(51,52)53)20-26-7-6-10-33(57(48,49)50)36(26)40(38)47/h3-21,41,46-47H,1-2H3,(H,48,49,50)(H,51,52,53)(H,54,55,56). The summed E-state index contributed by atoms with van der Waals surface area (Å²) in [5.74, 6) is -1.45. The summed E-state index contributed by atoms with van der Waals surface area (Å²) >= 11 is 0. The molecule has 0 fully saturated rings. The van der Waals surface area contributed by atoms with E-state index in [4.69, 9.17) is 0 Å². The number of para-hydroxylation sites is 1. The van der Waals surface area contributed by atoms with Crippen molar-refractivity contribution in [3.63, 3.8) is 0 Å². The van der Waals surface area contributed by atoms with Crippen LogP contribution in [0.5, 0.6) is 11.5 Å². The summed E-state index contributed by atoms with van der Waals surface area (Å²) in [6, 6.07) is 29.8. The highest BCUT2D eigenvalue weighted by atomic mass is 32.2. The van der Waals surface area contributed by atoms with E-state index in [9.17, 15) is 49.1 Å². The van der Waals surface area contributed by atoms with Crippen LogP contribution < -0.4 is 5.32 Å². The van der Waals surface area contributed by atoms with Crippen molar-refractivity contribution in [3.05, 3.63) is 126 Å². The first-order valence-electron chi connectivity index (χ1n) is 17.2. The number of anilines is 2. The topological polar surface area (TPSA) is 265 Å². The average molecular weight is 854 g/mol. The lowest BCUT2D eigenvalue weighted by atomic mass is 10.0. The van der Waals surface area contributed by atoms with E-state index in [1.807, 2.05) is 30.3 Å². The van der Waals surface area contributed by atoms with Crippen molar-refractivity contribution in [1.29, 1.82) is 0 Å². The molecule has 7 aromatic carbocycles. The van der Waals surface area contributed by atoms with Gasteiger partial charge in [-0.05, 0) is 120 Å². The minimum absolute atomic E-state index is 0.117. The normalized spacial score (nSPS) is 12.6. The minimum atomic E-state index is -5.00. The third-order valence-electron chi connectivity index (χ3n) is 9.23. The van der Waals surface area contributed by atoms with Gasteiger partial charge in [0, 0.05) is 22.1 Å². The van der Waals surface area contributed by atoms with E-state index in [1.54, 1.807) is 68.4 Å². The predicted molar refractivity (Wildman–Crippen MR) is 220 cm³/mol. The summed E-state index contributed by atoms with van der Waals surface area (Å²) in [6.07, 6.45) is 0. The van der Waals surface area contributed by atoms with Crippen LogP contribution >= 0.6 is 0 Å². The summed E-state index contributed by atoms with van der Waals surface area (Å²) in [4.78, 5) is -2.20. The van der Waals surface area contributed by atoms with Crippen LogP contribution in [0.4, 0.5) is 34.1 Å². The Morgan fingerprint density at radius 2 is 1.00 bits per heavy atom. The lowest BCUT2D eigenvalue weighted by molar-refractivity contribution is 0.469. The van der Waals surface area contributed by atoms with Crippen LogP contribution in [0.1, 0.15) is 11.1 Å². The largest absolute Gasteiger partial charge is 0.505 e. The molecule has 0 saturated carbocycles. The van der Waals surface area contributed by atoms with Crippen LogP contribution in [0, 0.1) is 13.8 Å². The van der Waals surface area contributed by atoms with Gasteiger partial charge in [0.1, 0.15) is 26.1 Å². The van der Waals surface area contributed by atoms with Crippen molar-refractivity contribution in [2.45, 2.75) is 28.5 Å². The zero-order chi connectivity index (χ0) is 42.4. The van der Waals surface area contributed by atoms with Gasteiger partial charge in [0.15, 0.2) is 11.5 Å². The van der Waals surface area contributed by atoms with Crippen LogP contribution in [-0.4, -0.2) is 49.1 Å². The van der Waals surface area contributed by atoms with Gasteiger partial charge in [-0.3, -0.25) is 13.7 Å². The monoisotopic (exact) mass is 853 g/mol. The fourth-order valence-corrected chi connectivity index (χ4v) is 8.43. The molecule has 0 spiro atoms. The number of phenols is 2. The second-order valence-electron chi connectivity index (χ2n) is 13.3. The highest BCUT2D eigenvalue weighted by Crippen LogP contribution is 2.45. The highest BCUT2D eigenvalue weighted by molar-refractivity contribution is 7.86. The molecule has 16 nitrogen and oxygen atoms in total. The molecule has 0 unspecified atom stereocenters. The number of aryl methyl sites for hydroxylation is 2. The van der Waals surface area contributed by atoms with E-state index in [-0.39, 0.29) is 16.5 Å². The van der Waals surface area contributed by atoms with Gasteiger partial charge < -0.3 is 15.5 Å². The van der Waals surface area contributed by atoms with Crippen molar-refractivity contribution >= 4 is 86.0 Å². The molecule has 0 amide bonds. The molecule has 0 aliphatic heterocycles. The van der Waals surface area contributed by atoms with E-state index < -0.39 is 73.3 Å². The average Bonchev–Trinajstić information content (AvgIpc) is 3.17. The summed E-state index contributed by atoms with van der Waals surface area (Å²) in [5, 5.41) is 41.6. The molecule has 0 heterocycles.